The van der Waals surface area contributed by atoms with Crippen LogP contribution in [-0.4, -0.2) is 41.6 Å². The zero-order valence-electron chi connectivity index (χ0n) is 20.5. The van der Waals surface area contributed by atoms with Gasteiger partial charge in [0.05, 0.1) is 28.3 Å². The number of carbonyl (C=O) groups is 2. The zero-order valence-corrected chi connectivity index (χ0v) is 22.1. The summed E-state index contributed by atoms with van der Waals surface area (Å²) in [4.78, 5) is 32.1. The maximum Gasteiger partial charge on any atom is 0.281 e. The third-order valence-electron chi connectivity index (χ3n) is 7.24. The van der Waals surface area contributed by atoms with Gasteiger partial charge >= 0.3 is 0 Å². The average Bonchev–Trinajstić information content (AvgIpc) is 3.48. The minimum Gasteiger partial charge on any atom is -0.487 e. The van der Waals surface area contributed by atoms with E-state index >= 15 is 0 Å². The van der Waals surface area contributed by atoms with Crippen LogP contribution in [0.4, 0.5) is 14.5 Å². The van der Waals surface area contributed by atoms with Gasteiger partial charge in [0.25, 0.3) is 18.2 Å². The highest BCUT2D eigenvalue weighted by Crippen LogP contribution is 2.48. The fraction of sp³-hybridized carbons (Fsp3) is 0.370. The molecule has 2 amide bonds. The number of anilines is 1. The lowest BCUT2D eigenvalue weighted by Crippen LogP contribution is -2.44. The number of alkyl halides is 2. The minimum atomic E-state index is -2.89. The number of pyridine rings is 1. The van der Waals surface area contributed by atoms with Gasteiger partial charge in [-0.15, -0.1) is 11.3 Å². The number of nitrogens with one attached hydrogen (secondary N) is 1. The molecule has 7 nitrogen and oxygen atoms in total. The first-order chi connectivity index (χ1) is 18.2. The van der Waals surface area contributed by atoms with E-state index in [-0.39, 0.29) is 22.5 Å². The number of ether oxygens (including phenoxy) is 1. The van der Waals surface area contributed by atoms with Crippen LogP contribution >= 0.6 is 22.9 Å². The molecule has 2 aliphatic rings. The second-order valence-corrected chi connectivity index (χ2v) is 11.0. The summed E-state index contributed by atoms with van der Waals surface area (Å²) in [6.45, 7) is 0.426. The van der Waals surface area contributed by atoms with Crippen LogP contribution in [0.25, 0.3) is 0 Å². The number of rotatable bonds is 7. The highest BCUT2D eigenvalue weighted by Gasteiger charge is 2.52. The summed E-state index contributed by atoms with van der Waals surface area (Å²) >= 11 is 7.11. The summed E-state index contributed by atoms with van der Waals surface area (Å²) in [5.41, 5.74) is -1.38. The molecule has 1 unspecified atom stereocenters. The number of carbonyl (C=O) groups excluding carboxylic acids is 2. The van der Waals surface area contributed by atoms with Gasteiger partial charge in [-0.05, 0) is 55.9 Å². The standard InChI is InChI=1S/C27H26ClF2N3O4S/c1-37-22-11-10-21(38-22)27(36)19-4-2-3-5-20(19)33(26(27)35)14-15-6-8-17(9-7-15)32-25(34)18-12-16(28)13-31-23(18)24(29)30/h2-5,10-13,15,17,24,36H,6-9,14H2,1H3,(H,32,34). The summed E-state index contributed by atoms with van der Waals surface area (Å²) < 4.78 is 31.9. The topological polar surface area (TPSA) is 91.8 Å². The van der Waals surface area contributed by atoms with E-state index in [2.05, 4.69) is 10.3 Å². The van der Waals surface area contributed by atoms with E-state index in [4.69, 9.17) is 16.3 Å². The maximum absolute atomic E-state index is 13.6. The Labute approximate surface area is 227 Å². The second-order valence-electron chi connectivity index (χ2n) is 9.54. The predicted molar refractivity (Wildman–Crippen MR) is 140 cm³/mol. The van der Waals surface area contributed by atoms with E-state index in [1.54, 1.807) is 36.3 Å². The molecule has 0 radical (unpaired) electrons. The molecule has 2 aromatic heterocycles. The lowest BCUT2D eigenvalue weighted by molar-refractivity contribution is -0.132. The Balaban J connectivity index is 1.26. The SMILES string of the molecule is COc1ccc(C2(O)C(=O)N(CC3CCC(NC(=O)c4cc(Cl)cnc4C(F)F)CC3)c3ccccc32)s1. The predicted octanol–water partition coefficient (Wildman–Crippen LogP) is 5.31. The van der Waals surface area contributed by atoms with Crippen LogP contribution < -0.4 is 15.0 Å². The van der Waals surface area contributed by atoms with E-state index in [9.17, 15) is 23.5 Å². The van der Waals surface area contributed by atoms with Crippen molar-refractivity contribution in [3.8, 4) is 5.06 Å². The van der Waals surface area contributed by atoms with Crippen molar-refractivity contribution in [2.24, 2.45) is 5.92 Å². The van der Waals surface area contributed by atoms with Crippen LogP contribution in [0.2, 0.25) is 5.02 Å². The number of thiophene rings is 1. The Morgan fingerprint density at radius 2 is 2.00 bits per heavy atom. The monoisotopic (exact) mass is 561 g/mol. The number of hydrogen-bond donors (Lipinski definition) is 2. The molecule has 0 spiro atoms. The molecule has 3 aromatic rings. The number of hydrogen-bond acceptors (Lipinski definition) is 6. The summed E-state index contributed by atoms with van der Waals surface area (Å²) in [5.74, 6) is -0.879. The lowest BCUT2D eigenvalue weighted by Gasteiger charge is -2.32. The second kappa shape index (κ2) is 10.6. The first-order valence-corrected chi connectivity index (χ1v) is 13.4. The van der Waals surface area contributed by atoms with Gasteiger partial charge in [0.15, 0.2) is 5.06 Å². The largest absolute Gasteiger partial charge is 0.487 e. The number of fused-ring (bicyclic) bond motifs is 1. The molecule has 11 heteroatoms. The summed E-state index contributed by atoms with van der Waals surface area (Å²) in [6.07, 6.45) is 0.904. The van der Waals surface area contributed by atoms with Gasteiger partial charge in [-0.3, -0.25) is 14.6 Å². The number of para-hydroxylation sites is 1. The molecule has 1 aliphatic carbocycles. The van der Waals surface area contributed by atoms with Gasteiger partial charge in [0.2, 0.25) is 5.60 Å². The van der Waals surface area contributed by atoms with E-state index in [1.165, 1.54) is 17.4 Å². The van der Waals surface area contributed by atoms with Crippen molar-refractivity contribution in [2.45, 2.75) is 43.8 Å². The van der Waals surface area contributed by atoms with Gasteiger partial charge in [0.1, 0.15) is 5.69 Å². The molecule has 0 saturated heterocycles. The smallest absolute Gasteiger partial charge is 0.281 e. The molecule has 38 heavy (non-hydrogen) atoms. The van der Waals surface area contributed by atoms with Gasteiger partial charge in [-0.1, -0.05) is 29.8 Å². The van der Waals surface area contributed by atoms with Crippen LogP contribution in [0.3, 0.4) is 0 Å². The Kier molecular flexibility index (Phi) is 7.39. The molecule has 3 heterocycles. The van der Waals surface area contributed by atoms with Crippen LogP contribution in [-0.2, 0) is 10.4 Å². The summed E-state index contributed by atoms with van der Waals surface area (Å²) in [5, 5.41) is 15.2. The summed E-state index contributed by atoms with van der Waals surface area (Å²) in [7, 11) is 1.54. The third kappa shape index (κ3) is 4.76. The first kappa shape index (κ1) is 26.5. The van der Waals surface area contributed by atoms with Crippen LogP contribution in [0, 0.1) is 5.92 Å². The quantitative estimate of drug-likeness (QED) is 0.408. The highest BCUT2D eigenvalue weighted by atomic mass is 35.5. The first-order valence-electron chi connectivity index (χ1n) is 12.2. The molecule has 200 valence electrons. The van der Waals surface area contributed by atoms with E-state index in [0.29, 0.717) is 40.6 Å². The molecule has 1 atom stereocenters. The fourth-order valence-electron chi connectivity index (χ4n) is 5.29. The van der Waals surface area contributed by atoms with Crippen molar-refractivity contribution in [1.82, 2.24) is 10.3 Å². The molecule has 1 aromatic carbocycles. The van der Waals surface area contributed by atoms with Gasteiger partial charge in [-0.25, -0.2) is 8.78 Å². The Bertz CT molecular complexity index is 1360. The highest BCUT2D eigenvalue weighted by molar-refractivity contribution is 7.14. The van der Waals surface area contributed by atoms with Crippen molar-refractivity contribution in [1.29, 1.82) is 0 Å². The van der Waals surface area contributed by atoms with Crippen molar-refractivity contribution < 1.29 is 28.2 Å². The third-order valence-corrected chi connectivity index (χ3v) is 8.60. The van der Waals surface area contributed by atoms with Crippen LogP contribution in [0.5, 0.6) is 5.06 Å². The van der Waals surface area contributed by atoms with Crippen LogP contribution in [0.15, 0.2) is 48.7 Å². The number of benzene rings is 1. The Morgan fingerprint density at radius 1 is 1.26 bits per heavy atom. The maximum atomic E-state index is 13.6. The molecule has 1 saturated carbocycles. The number of nitrogens with zero attached hydrogens (tertiary/aromatic N) is 2. The summed E-state index contributed by atoms with van der Waals surface area (Å²) in [6, 6.07) is 11.7. The lowest BCUT2D eigenvalue weighted by atomic mass is 9.85. The number of aliphatic hydroxyl groups is 1. The molecule has 5 rings (SSSR count). The van der Waals surface area contributed by atoms with Gasteiger partial charge in [-0.2, -0.15) is 0 Å². The van der Waals surface area contributed by atoms with Crippen molar-refractivity contribution in [3.05, 3.63) is 75.4 Å². The van der Waals surface area contributed by atoms with E-state index in [1.807, 2.05) is 12.1 Å². The number of methoxy groups -OCH3 is 1. The molecule has 1 aliphatic heterocycles. The number of aromatic nitrogens is 1. The molecule has 1 fully saturated rings. The van der Waals surface area contributed by atoms with Crippen molar-refractivity contribution >= 4 is 40.4 Å². The van der Waals surface area contributed by atoms with Gasteiger partial charge < -0.3 is 20.1 Å². The van der Waals surface area contributed by atoms with Crippen molar-refractivity contribution in [2.75, 3.05) is 18.6 Å². The molecule has 0 bridgehead atoms. The van der Waals surface area contributed by atoms with Crippen molar-refractivity contribution in [3.63, 3.8) is 0 Å². The van der Waals surface area contributed by atoms with Crippen LogP contribution in [0.1, 0.15) is 58.6 Å². The average molecular weight is 562 g/mol. The number of halogens is 3. The molecule has 2 N–H and O–H groups in total. The minimum absolute atomic E-state index is 0.111. The molecular weight excluding hydrogens is 536 g/mol. The normalized spacial score (nSPS) is 23.0. The zero-order chi connectivity index (χ0) is 27.0. The Hall–Kier alpha value is -3.08. The van der Waals surface area contributed by atoms with E-state index < -0.39 is 29.5 Å². The Morgan fingerprint density at radius 3 is 2.68 bits per heavy atom. The molecular formula is C27H26ClF2N3O4S. The van der Waals surface area contributed by atoms with Gasteiger partial charge in [0, 0.05) is 24.3 Å². The van der Waals surface area contributed by atoms with E-state index in [0.717, 1.165) is 19.0 Å². The number of amides is 2. The fourth-order valence-corrected chi connectivity index (χ4v) is 6.37.